The normalized spacial score (nSPS) is 11.2. The molecule has 0 saturated heterocycles. The van der Waals surface area contributed by atoms with Crippen LogP contribution in [-0.2, 0) is 14.3 Å². The monoisotopic (exact) mass is 523 g/mol. The Kier molecular flexibility index (Phi) is 12.3. The van der Waals surface area contributed by atoms with Gasteiger partial charge in [0.2, 0.25) is 5.91 Å². The summed E-state index contributed by atoms with van der Waals surface area (Å²) in [6.07, 6.45) is 15.5. The van der Waals surface area contributed by atoms with Crippen molar-refractivity contribution in [3.05, 3.63) is 35.5 Å². The first-order chi connectivity index (χ1) is 18.5. The van der Waals surface area contributed by atoms with Gasteiger partial charge in [-0.1, -0.05) is 77.6 Å². The van der Waals surface area contributed by atoms with Gasteiger partial charge in [-0.3, -0.25) is 14.7 Å². The summed E-state index contributed by atoms with van der Waals surface area (Å²) in [5.74, 6) is 0.0957. The van der Waals surface area contributed by atoms with Gasteiger partial charge in [0.15, 0.2) is 11.5 Å². The zero-order chi connectivity index (χ0) is 27.2. The summed E-state index contributed by atoms with van der Waals surface area (Å²) in [4.78, 5) is 28.8. The van der Waals surface area contributed by atoms with E-state index in [-0.39, 0.29) is 24.7 Å². The molecule has 208 valence electrons. The Labute approximate surface area is 226 Å². The highest BCUT2D eigenvalue weighted by atomic mass is 16.5. The molecule has 0 aliphatic heterocycles. The van der Waals surface area contributed by atoms with E-state index in [1.54, 1.807) is 4.63 Å². The van der Waals surface area contributed by atoms with Crippen LogP contribution in [0.2, 0.25) is 0 Å². The van der Waals surface area contributed by atoms with Crippen molar-refractivity contribution >= 4 is 23.2 Å². The van der Waals surface area contributed by atoms with Crippen LogP contribution >= 0.6 is 0 Å². The van der Waals surface area contributed by atoms with Gasteiger partial charge in [-0.25, -0.2) is 4.98 Å². The first-order valence-corrected chi connectivity index (χ1v) is 14.5. The third kappa shape index (κ3) is 9.62. The number of carbonyl (C=O) groups is 2. The highest BCUT2D eigenvalue weighted by Crippen LogP contribution is 2.21. The molecule has 2 heterocycles. The highest BCUT2D eigenvalue weighted by molar-refractivity contribution is 5.92. The lowest BCUT2D eigenvalue weighted by Crippen LogP contribution is -2.14. The summed E-state index contributed by atoms with van der Waals surface area (Å²) >= 11 is 0. The Morgan fingerprint density at radius 3 is 2.08 bits per heavy atom. The molecule has 0 aliphatic rings. The molecule has 1 amide bonds. The van der Waals surface area contributed by atoms with Crippen LogP contribution < -0.4 is 5.32 Å². The Bertz CT molecular complexity index is 1130. The summed E-state index contributed by atoms with van der Waals surface area (Å²) in [5, 5.41) is 10.5. The van der Waals surface area contributed by atoms with Crippen LogP contribution in [0.4, 0.5) is 5.69 Å². The number of anilines is 1. The molecule has 0 aliphatic carbocycles. The fourth-order valence-electron chi connectivity index (χ4n) is 4.51. The number of nitrogens with one attached hydrogen (secondary N) is 2. The summed E-state index contributed by atoms with van der Waals surface area (Å²) in [6.45, 7) is 6.69. The summed E-state index contributed by atoms with van der Waals surface area (Å²) < 4.78 is 6.97. The predicted molar refractivity (Wildman–Crippen MR) is 152 cm³/mol. The molecule has 38 heavy (non-hydrogen) atoms. The highest BCUT2D eigenvalue weighted by Gasteiger charge is 2.13. The number of fused-ring (bicyclic) bond motifs is 1. The Balaban J connectivity index is 1.22. The van der Waals surface area contributed by atoms with Gasteiger partial charge in [-0.2, -0.15) is 4.63 Å². The van der Waals surface area contributed by atoms with Gasteiger partial charge in [0, 0.05) is 28.9 Å². The number of carbonyl (C=O) groups excluding carboxylic acids is 2. The number of aromatic amines is 1. The quantitative estimate of drug-likeness (QED) is 0.134. The van der Waals surface area contributed by atoms with Gasteiger partial charge >= 0.3 is 5.97 Å². The fourth-order valence-corrected chi connectivity index (χ4v) is 4.51. The average molecular weight is 524 g/mol. The number of hydrogen-bond donors (Lipinski definition) is 2. The second-order valence-corrected chi connectivity index (χ2v) is 10.3. The van der Waals surface area contributed by atoms with Gasteiger partial charge in [-0.05, 0) is 44.5 Å². The molecule has 0 atom stereocenters. The smallest absolute Gasteiger partial charge is 0.306 e. The van der Waals surface area contributed by atoms with Crippen molar-refractivity contribution in [2.24, 2.45) is 0 Å². The van der Waals surface area contributed by atoms with E-state index in [4.69, 9.17) is 4.74 Å². The largest absolute Gasteiger partial charge is 0.466 e. The van der Waals surface area contributed by atoms with Gasteiger partial charge in [0.1, 0.15) is 0 Å². The number of aromatic nitrogens is 4. The van der Waals surface area contributed by atoms with E-state index in [1.165, 1.54) is 64.2 Å². The maximum atomic E-state index is 12.3. The number of aryl methyl sites for hydroxylation is 2. The topological polar surface area (TPSA) is 101 Å². The molecule has 0 unspecified atom stereocenters. The van der Waals surface area contributed by atoms with Gasteiger partial charge in [0.25, 0.3) is 0 Å². The van der Waals surface area contributed by atoms with Crippen molar-refractivity contribution in [3.8, 4) is 11.4 Å². The first kappa shape index (κ1) is 29.4. The molecule has 0 fully saturated rings. The number of hydrogen-bond acceptors (Lipinski definition) is 5. The Hall–Kier alpha value is -3.16. The molecule has 0 radical (unpaired) electrons. The van der Waals surface area contributed by atoms with Crippen LogP contribution in [0.3, 0.4) is 0 Å². The molecule has 3 aromatic rings. The zero-order valence-electron chi connectivity index (χ0n) is 23.5. The Morgan fingerprint density at radius 1 is 0.868 bits per heavy atom. The molecule has 8 heteroatoms. The molecule has 1 aromatic carbocycles. The molecule has 0 saturated carbocycles. The number of H-pyrrole nitrogens is 1. The average Bonchev–Trinajstić information content (AvgIpc) is 3.44. The lowest BCUT2D eigenvalue weighted by molar-refractivity contribution is -0.144. The van der Waals surface area contributed by atoms with Crippen molar-refractivity contribution in [3.63, 3.8) is 0 Å². The van der Waals surface area contributed by atoms with Crippen LogP contribution in [0.5, 0.6) is 0 Å². The minimum Gasteiger partial charge on any atom is -0.466 e. The SMILES string of the molecule is CCCCCCCCCCCCCCOC(=O)CCC(=O)Nc1ccc(-c2nc3c(C)c(C)[nH]n3n2)cc1. The number of amides is 1. The third-order valence-electron chi connectivity index (χ3n) is 7.02. The maximum Gasteiger partial charge on any atom is 0.306 e. The van der Waals surface area contributed by atoms with Crippen LogP contribution in [0, 0.1) is 13.8 Å². The standard InChI is InChI=1S/C30H45N5O3/c1-4-5-6-7-8-9-10-11-12-13-14-15-22-38-28(37)21-20-27(36)31-26-18-16-25(17-19-26)29-32-30-23(2)24(3)33-35(30)34-29/h16-19,33H,4-15,20-22H2,1-3H3,(H,31,36). The van der Waals surface area contributed by atoms with Crippen molar-refractivity contribution in [2.45, 2.75) is 111 Å². The maximum absolute atomic E-state index is 12.3. The van der Waals surface area contributed by atoms with Crippen LogP contribution in [-0.4, -0.2) is 38.3 Å². The molecule has 0 bridgehead atoms. The van der Waals surface area contributed by atoms with Crippen molar-refractivity contribution in [1.82, 2.24) is 19.8 Å². The van der Waals surface area contributed by atoms with E-state index >= 15 is 0 Å². The van der Waals surface area contributed by atoms with Gasteiger partial charge in [-0.15, -0.1) is 5.10 Å². The lowest BCUT2D eigenvalue weighted by atomic mass is 10.1. The van der Waals surface area contributed by atoms with Crippen molar-refractivity contribution in [2.75, 3.05) is 11.9 Å². The second-order valence-electron chi connectivity index (χ2n) is 10.3. The summed E-state index contributed by atoms with van der Waals surface area (Å²) in [7, 11) is 0. The lowest BCUT2D eigenvalue weighted by Gasteiger charge is -2.07. The van der Waals surface area contributed by atoms with E-state index in [0.29, 0.717) is 18.1 Å². The number of nitrogens with zero attached hydrogens (tertiary/aromatic N) is 3. The molecule has 2 aromatic heterocycles. The first-order valence-electron chi connectivity index (χ1n) is 14.5. The third-order valence-corrected chi connectivity index (χ3v) is 7.02. The van der Waals surface area contributed by atoms with E-state index in [2.05, 4.69) is 27.4 Å². The van der Waals surface area contributed by atoms with E-state index < -0.39 is 0 Å². The van der Waals surface area contributed by atoms with E-state index in [1.807, 2.05) is 38.1 Å². The minimum absolute atomic E-state index is 0.0889. The van der Waals surface area contributed by atoms with Crippen LogP contribution in [0.15, 0.2) is 24.3 Å². The number of unbranched alkanes of at least 4 members (excludes halogenated alkanes) is 11. The summed E-state index contributed by atoms with van der Waals surface area (Å²) in [6, 6.07) is 7.37. The number of ether oxygens (including phenoxy) is 1. The van der Waals surface area contributed by atoms with Crippen LogP contribution in [0.25, 0.3) is 17.0 Å². The molecule has 2 N–H and O–H groups in total. The number of benzene rings is 1. The molecule has 3 rings (SSSR count). The minimum atomic E-state index is -0.314. The van der Waals surface area contributed by atoms with Gasteiger partial charge < -0.3 is 10.1 Å². The van der Waals surface area contributed by atoms with Crippen LogP contribution in [0.1, 0.15) is 108 Å². The molecule has 8 nitrogen and oxygen atoms in total. The zero-order valence-corrected chi connectivity index (χ0v) is 23.5. The molecular formula is C30H45N5O3. The predicted octanol–water partition coefficient (Wildman–Crippen LogP) is 7.30. The van der Waals surface area contributed by atoms with E-state index in [9.17, 15) is 9.59 Å². The molecular weight excluding hydrogens is 478 g/mol. The summed E-state index contributed by atoms with van der Waals surface area (Å²) in [5.41, 5.74) is 4.44. The Morgan fingerprint density at radius 2 is 1.47 bits per heavy atom. The van der Waals surface area contributed by atoms with Crippen molar-refractivity contribution < 1.29 is 14.3 Å². The second kappa shape index (κ2) is 15.9. The van der Waals surface area contributed by atoms with Crippen molar-refractivity contribution in [1.29, 1.82) is 0 Å². The van der Waals surface area contributed by atoms with Gasteiger partial charge in [0.05, 0.1) is 13.0 Å². The van der Waals surface area contributed by atoms with E-state index in [0.717, 1.165) is 35.3 Å². The molecule has 0 spiro atoms. The number of esters is 1. The number of rotatable bonds is 18. The fraction of sp³-hybridized carbons (Fsp3) is 0.600.